The molecule has 0 bridgehead atoms. The number of para-hydroxylation sites is 2. The molecule has 0 radical (unpaired) electrons. The summed E-state index contributed by atoms with van der Waals surface area (Å²) in [6, 6.07) is 17.3. The van der Waals surface area contributed by atoms with E-state index in [1.54, 1.807) is 42.5 Å². The average molecular weight is 365 g/mol. The van der Waals surface area contributed by atoms with Gasteiger partial charge in [0.1, 0.15) is 17.1 Å². The van der Waals surface area contributed by atoms with Gasteiger partial charge in [-0.2, -0.15) is 0 Å². The highest BCUT2D eigenvalue weighted by molar-refractivity contribution is 6.02. The Kier molecular flexibility index (Phi) is 5.56. The van der Waals surface area contributed by atoms with Gasteiger partial charge < -0.3 is 19.9 Å². The summed E-state index contributed by atoms with van der Waals surface area (Å²) in [5.74, 6) is -0.908. The van der Waals surface area contributed by atoms with E-state index in [1.807, 2.05) is 19.1 Å². The fraction of sp³-hybridized carbons (Fsp3) is 0.143. The van der Waals surface area contributed by atoms with Crippen LogP contribution in [0.5, 0.6) is 11.5 Å². The van der Waals surface area contributed by atoms with Crippen LogP contribution in [0.25, 0.3) is 10.8 Å². The van der Waals surface area contributed by atoms with Gasteiger partial charge in [-0.05, 0) is 30.5 Å². The van der Waals surface area contributed by atoms with E-state index < -0.39 is 18.5 Å². The summed E-state index contributed by atoms with van der Waals surface area (Å²) in [7, 11) is 0. The van der Waals surface area contributed by atoms with Crippen LogP contribution in [0, 0.1) is 0 Å². The summed E-state index contributed by atoms with van der Waals surface area (Å²) in [6.07, 6.45) is 0. The molecule has 0 unspecified atom stereocenters. The molecule has 6 nitrogen and oxygen atoms in total. The molecule has 0 saturated carbocycles. The number of phenolic OH excluding ortho intramolecular Hbond substituents is 1. The number of ether oxygens (including phenoxy) is 2. The predicted molar refractivity (Wildman–Crippen MR) is 102 cm³/mol. The lowest BCUT2D eigenvalue weighted by Crippen LogP contribution is -2.21. The number of rotatable bonds is 6. The van der Waals surface area contributed by atoms with Gasteiger partial charge in [-0.15, -0.1) is 0 Å². The van der Waals surface area contributed by atoms with Crippen molar-refractivity contribution in [1.82, 2.24) is 0 Å². The Morgan fingerprint density at radius 2 is 1.74 bits per heavy atom. The molecular formula is C21H19NO5. The molecule has 0 fully saturated rings. The molecule has 6 heteroatoms. The van der Waals surface area contributed by atoms with Crippen LogP contribution in [-0.2, 0) is 9.53 Å². The van der Waals surface area contributed by atoms with Gasteiger partial charge in [-0.3, -0.25) is 4.79 Å². The molecule has 3 aromatic rings. The van der Waals surface area contributed by atoms with E-state index in [2.05, 4.69) is 5.32 Å². The van der Waals surface area contributed by atoms with Crippen LogP contribution >= 0.6 is 0 Å². The Morgan fingerprint density at radius 3 is 2.56 bits per heavy atom. The number of carbonyl (C=O) groups is 2. The second-order valence-corrected chi connectivity index (χ2v) is 5.74. The van der Waals surface area contributed by atoms with Crippen molar-refractivity contribution in [3.05, 3.63) is 66.2 Å². The monoisotopic (exact) mass is 365 g/mol. The van der Waals surface area contributed by atoms with Gasteiger partial charge in [0.15, 0.2) is 6.61 Å². The van der Waals surface area contributed by atoms with Crippen LogP contribution in [0.4, 0.5) is 5.69 Å². The van der Waals surface area contributed by atoms with Crippen molar-refractivity contribution >= 4 is 28.3 Å². The van der Waals surface area contributed by atoms with Gasteiger partial charge in [-0.1, -0.05) is 42.5 Å². The fourth-order valence-electron chi connectivity index (χ4n) is 2.67. The lowest BCUT2D eigenvalue weighted by molar-refractivity contribution is -0.119. The summed E-state index contributed by atoms with van der Waals surface area (Å²) in [5, 5.41) is 14.3. The minimum atomic E-state index is -0.772. The molecule has 0 saturated heterocycles. The van der Waals surface area contributed by atoms with Crippen LogP contribution in [0.1, 0.15) is 17.3 Å². The van der Waals surface area contributed by atoms with E-state index in [1.165, 1.54) is 6.07 Å². The number of aromatic hydroxyl groups is 1. The molecule has 0 heterocycles. The highest BCUT2D eigenvalue weighted by atomic mass is 16.5. The molecule has 0 spiro atoms. The maximum atomic E-state index is 12.2. The van der Waals surface area contributed by atoms with Gasteiger partial charge in [0.25, 0.3) is 5.91 Å². The first-order valence-electron chi connectivity index (χ1n) is 8.49. The highest BCUT2D eigenvalue weighted by Crippen LogP contribution is 2.29. The first kappa shape index (κ1) is 18.3. The van der Waals surface area contributed by atoms with Crippen molar-refractivity contribution in [3.8, 4) is 11.5 Å². The van der Waals surface area contributed by atoms with Crippen LogP contribution < -0.4 is 10.1 Å². The lowest BCUT2D eigenvalue weighted by Gasteiger charge is -2.12. The van der Waals surface area contributed by atoms with E-state index in [9.17, 15) is 14.7 Å². The van der Waals surface area contributed by atoms with Crippen molar-refractivity contribution in [2.24, 2.45) is 0 Å². The molecule has 0 atom stereocenters. The maximum absolute atomic E-state index is 12.2. The maximum Gasteiger partial charge on any atom is 0.342 e. The van der Waals surface area contributed by atoms with E-state index in [4.69, 9.17) is 9.47 Å². The van der Waals surface area contributed by atoms with Crippen molar-refractivity contribution in [2.75, 3.05) is 18.5 Å². The summed E-state index contributed by atoms with van der Waals surface area (Å²) >= 11 is 0. The Hall–Kier alpha value is -3.54. The van der Waals surface area contributed by atoms with Gasteiger partial charge in [0.05, 0.1) is 12.3 Å². The van der Waals surface area contributed by atoms with Gasteiger partial charge in [0, 0.05) is 5.39 Å². The summed E-state index contributed by atoms with van der Waals surface area (Å²) in [6.45, 7) is 1.82. The highest BCUT2D eigenvalue weighted by Gasteiger charge is 2.17. The first-order valence-corrected chi connectivity index (χ1v) is 8.49. The van der Waals surface area contributed by atoms with E-state index in [-0.39, 0.29) is 11.3 Å². The van der Waals surface area contributed by atoms with Crippen molar-refractivity contribution in [1.29, 1.82) is 0 Å². The Morgan fingerprint density at radius 1 is 1.00 bits per heavy atom. The molecule has 0 aromatic heterocycles. The molecule has 3 aromatic carbocycles. The second-order valence-electron chi connectivity index (χ2n) is 5.74. The van der Waals surface area contributed by atoms with Crippen LogP contribution in [-0.4, -0.2) is 30.2 Å². The Balaban J connectivity index is 1.66. The number of carbonyl (C=O) groups excluding carboxylic acids is 2. The van der Waals surface area contributed by atoms with Gasteiger partial charge in [-0.25, -0.2) is 4.79 Å². The topological polar surface area (TPSA) is 84.9 Å². The zero-order valence-electron chi connectivity index (χ0n) is 14.8. The number of amides is 1. The third-order valence-corrected chi connectivity index (χ3v) is 3.92. The predicted octanol–water partition coefficient (Wildman–Crippen LogP) is 3.74. The zero-order valence-corrected chi connectivity index (χ0v) is 14.8. The SMILES string of the molecule is CCOc1ccccc1NC(=O)COC(=O)c1ccc2ccccc2c1O. The van der Waals surface area contributed by atoms with Crippen LogP contribution in [0.2, 0.25) is 0 Å². The standard InChI is InChI=1S/C21H19NO5/c1-2-26-18-10-6-5-9-17(18)22-19(23)13-27-21(25)16-12-11-14-7-3-4-8-15(14)20(16)24/h3-12,24H,2,13H2,1H3,(H,22,23). The number of benzene rings is 3. The quantitative estimate of drug-likeness (QED) is 0.650. The molecule has 138 valence electrons. The smallest absolute Gasteiger partial charge is 0.342 e. The number of fused-ring (bicyclic) bond motifs is 1. The lowest BCUT2D eigenvalue weighted by atomic mass is 10.1. The number of esters is 1. The number of hydrogen-bond donors (Lipinski definition) is 2. The van der Waals surface area contributed by atoms with Crippen molar-refractivity contribution in [3.63, 3.8) is 0 Å². The van der Waals surface area contributed by atoms with Crippen LogP contribution in [0.15, 0.2) is 60.7 Å². The van der Waals surface area contributed by atoms with Crippen molar-refractivity contribution in [2.45, 2.75) is 6.92 Å². The minimum Gasteiger partial charge on any atom is -0.506 e. The zero-order chi connectivity index (χ0) is 19.2. The third kappa shape index (κ3) is 4.17. The second kappa shape index (κ2) is 8.23. The van der Waals surface area contributed by atoms with Gasteiger partial charge in [0.2, 0.25) is 0 Å². The van der Waals surface area contributed by atoms with E-state index in [0.29, 0.717) is 23.4 Å². The number of phenols is 1. The van der Waals surface area contributed by atoms with E-state index >= 15 is 0 Å². The molecule has 1 amide bonds. The summed E-state index contributed by atoms with van der Waals surface area (Å²) < 4.78 is 10.5. The fourth-order valence-corrected chi connectivity index (χ4v) is 2.67. The number of nitrogens with one attached hydrogen (secondary N) is 1. The molecule has 0 aliphatic carbocycles. The first-order chi connectivity index (χ1) is 13.1. The van der Waals surface area contributed by atoms with Gasteiger partial charge >= 0.3 is 5.97 Å². The molecular weight excluding hydrogens is 346 g/mol. The molecule has 27 heavy (non-hydrogen) atoms. The van der Waals surface area contributed by atoms with E-state index in [0.717, 1.165) is 5.39 Å². The molecule has 2 N–H and O–H groups in total. The summed E-state index contributed by atoms with van der Waals surface area (Å²) in [5.41, 5.74) is 0.505. The normalized spacial score (nSPS) is 10.4. The molecule has 3 rings (SSSR count). The van der Waals surface area contributed by atoms with Crippen LogP contribution in [0.3, 0.4) is 0 Å². The Labute approximate surface area is 156 Å². The number of anilines is 1. The average Bonchev–Trinajstić information content (AvgIpc) is 2.68. The largest absolute Gasteiger partial charge is 0.506 e. The molecule has 0 aliphatic heterocycles. The van der Waals surface area contributed by atoms with Crippen molar-refractivity contribution < 1.29 is 24.2 Å². The third-order valence-electron chi connectivity index (χ3n) is 3.92. The minimum absolute atomic E-state index is 0.0104. The Bertz CT molecular complexity index is 983. The summed E-state index contributed by atoms with van der Waals surface area (Å²) in [4.78, 5) is 24.3. The number of hydrogen-bond acceptors (Lipinski definition) is 5. The molecule has 0 aliphatic rings.